The van der Waals surface area contributed by atoms with E-state index in [1.807, 2.05) is 17.0 Å². The lowest BCUT2D eigenvalue weighted by Crippen LogP contribution is -2.38. The number of alkyl halides is 3. The van der Waals surface area contributed by atoms with Gasteiger partial charge in [-0.2, -0.15) is 18.4 Å². The molecule has 1 amide bonds. The van der Waals surface area contributed by atoms with Gasteiger partial charge in [-0.1, -0.05) is 12.1 Å². The number of benzene rings is 2. The van der Waals surface area contributed by atoms with Crippen molar-refractivity contribution < 1.29 is 22.7 Å². The van der Waals surface area contributed by atoms with Crippen LogP contribution in [0, 0.1) is 17.2 Å². The molecule has 1 N–H and O–H groups in total. The van der Waals surface area contributed by atoms with Crippen molar-refractivity contribution in [2.45, 2.75) is 19.0 Å². The van der Waals surface area contributed by atoms with Crippen molar-refractivity contribution in [1.29, 1.82) is 5.26 Å². The summed E-state index contributed by atoms with van der Waals surface area (Å²) in [7, 11) is 1.53. The average molecular weight is 403 g/mol. The zero-order valence-electron chi connectivity index (χ0n) is 15.8. The minimum absolute atomic E-state index is 0.0169. The number of nitrogens with zero attached hydrogens (tertiary/aromatic N) is 2. The number of piperidine rings is 1. The van der Waals surface area contributed by atoms with E-state index in [1.165, 1.54) is 13.2 Å². The monoisotopic (exact) mass is 403 g/mol. The molecule has 152 valence electrons. The molecular weight excluding hydrogens is 383 g/mol. The molecule has 8 heteroatoms. The van der Waals surface area contributed by atoms with Crippen molar-refractivity contribution in [2.24, 2.45) is 5.92 Å². The number of hydrogen-bond acceptors (Lipinski definition) is 4. The van der Waals surface area contributed by atoms with Crippen LogP contribution in [0.5, 0.6) is 5.75 Å². The van der Waals surface area contributed by atoms with E-state index in [-0.39, 0.29) is 17.4 Å². The van der Waals surface area contributed by atoms with E-state index < -0.39 is 11.7 Å². The topological polar surface area (TPSA) is 65.4 Å². The van der Waals surface area contributed by atoms with Gasteiger partial charge in [-0.3, -0.25) is 4.79 Å². The summed E-state index contributed by atoms with van der Waals surface area (Å²) >= 11 is 0. The van der Waals surface area contributed by atoms with Crippen molar-refractivity contribution >= 4 is 17.3 Å². The molecule has 2 aromatic rings. The van der Waals surface area contributed by atoms with Crippen LogP contribution >= 0.6 is 0 Å². The van der Waals surface area contributed by atoms with Crippen LogP contribution in [0.1, 0.15) is 24.0 Å². The number of ether oxygens (including phenoxy) is 1. The normalized spacial score (nSPS) is 14.9. The van der Waals surface area contributed by atoms with Crippen molar-refractivity contribution in [3.8, 4) is 11.8 Å². The van der Waals surface area contributed by atoms with Gasteiger partial charge in [0.2, 0.25) is 5.91 Å². The summed E-state index contributed by atoms with van der Waals surface area (Å²) in [6.07, 6.45) is -3.42. The quantitative estimate of drug-likeness (QED) is 0.820. The van der Waals surface area contributed by atoms with Crippen LogP contribution in [-0.4, -0.2) is 26.1 Å². The number of para-hydroxylation sites is 2. The first-order chi connectivity index (χ1) is 13.8. The summed E-state index contributed by atoms with van der Waals surface area (Å²) in [5.41, 5.74) is 0.196. The second-order valence-electron chi connectivity index (χ2n) is 6.79. The number of carbonyl (C=O) groups excluding carboxylic acids is 1. The largest absolute Gasteiger partial charge is 0.495 e. The molecule has 1 aliphatic heterocycles. The van der Waals surface area contributed by atoms with E-state index in [9.17, 15) is 23.2 Å². The Morgan fingerprint density at radius 3 is 2.52 bits per heavy atom. The van der Waals surface area contributed by atoms with E-state index in [1.54, 1.807) is 18.2 Å². The second-order valence-corrected chi connectivity index (χ2v) is 6.79. The van der Waals surface area contributed by atoms with Gasteiger partial charge in [0.05, 0.1) is 29.6 Å². The van der Waals surface area contributed by atoms with Gasteiger partial charge in [0.25, 0.3) is 0 Å². The van der Waals surface area contributed by atoms with E-state index in [2.05, 4.69) is 5.32 Å². The molecule has 0 unspecified atom stereocenters. The Bertz CT molecular complexity index is 929. The molecule has 29 heavy (non-hydrogen) atoms. The smallest absolute Gasteiger partial charge is 0.416 e. The van der Waals surface area contributed by atoms with Crippen LogP contribution in [0.3, 0.4) is 0 Å². The van der Waals surface area contributed by atoms with Crippen molar-refractivity contribution in [2.75, 3.05) is 30.4 Å². The summed E-state index contributed by atoms with van der Waals surface area (Å²) in [4.78, 5) is 14.4. The molecule has 0 spiro atoms. The van der Waals surface area contributed by atoms with Crippen molar-refractivity contribution in [1.82, 2.24) is 0 Å². The predicted molar refractivity (Wildman–Crippen MR) is 103 cm³/mol. The first-order valence-corrected chi connectivity index (χ1v) is 9.13. The van der Waals surface area contributed by atoms with Gasteiger partial charge in [0.15, 0.2) is 0 Å². The van der Waals surface area contributed by atoms with Crippen LogP contribution in [-0.2, 0) is 11.0 Å². The summed E-state index contributed by atoms with van der Waals surface area (Å²) < 4.78 is 43.9. The summed E-state index contributed by atoms with van der Waals surface area (Å²) in [6, 6.07) is 12.2. The Balaban J connectivity index is 1.66. The third kappa shape index (κ3) is 4.62. The molecule has 1 saturated heterocycles. The van der Waals surface area contributed by atoms with Gasteiger partial charge in [0, 0.05) is 19.0 Å². The van der Waals surface area contributed by atoms with Crippen LogP contribution in [0.25, 0.3) is 0 Å². The van der Waals surface area contributed by atoms with Gasteiger partial charge in [-0.25, -0.2) is 0 Å². The minimum atomic E-state index is -4.49. The van der Waals surface area contributed by atoms with Gasteiger partial charge < -0.3 is 15.0 Å². The minimum Gasteiger partial charge on any atom is -0.495 e. The van der Waals surface area contributed by atoms with Crippen LogP contribution in [0.15, 0.2) is 42.5 Å². The molecule has 0 radical (unpaired) electrons. The lowest BCUT2D eigenvalue weighted by molar-refractivity contribution is -0.137. The molecule has 5 nitrogen and oxygen atoms in total. The van der Waals surface area contributed by atoms with Gasteiger partial charge >= 0.3 is 6.18 Å². The third-order valence-electron chi connectivity index (χ3n) is 5.02. The molecule has 0 atom stereocenters. The number of hydrogen-bond donors (Lipinski definition) is 1. The molecule has 3 rings (SSSR count). The number of amides is 1. The van der Waals surface area contributed by atoms with Crippen LogP contribution in [0.4, 0.5) is 24.5 Å². The molecule has 1 fully saturated rings. The zero-order chi connectivity index (χ0) is 21.0. The number of nitrogens with one attached hydrogen (secondary N) is 1. The summed E-state index contributed by atoms with van der Waals surface area (Å²) in [5, 5.41) is 12.1. The maximum atomic E-state index is 12.9. The first-order valence-electron chi connectivity index (χ1n) is 9.13. The fourth-order valence-corrected chi connectivity index (χ4v) is 3.44. The summed E-state index contributed by atoms with van der Waals surface area (Å²) in [6.45, 7) is 0.952. The molecule has 0 aliphatic carbocycles. The average Bonchev–Trinajstić information content (AvgIpc) is 2.73. The Kier molecular flexibility index (Phi) is 5.97. The molecule has 1 aliphatic rings. The number of rotatable bonds is 4. The number of methoxy groups -OCH3 is 1. The van der Waals surface area contributed by atoms with Gasteiger partial charge in [0.1, 0.15) is 11.8 Å². The van der Waals surface area contributed by atoms with Crippen molar-refractivity contribution in [3.05, 3.63) is 53.6 Å². The van der Waals surface area contributed by atoms with Gasteiger partial charge in [-0.15, -0.1) is 0 Å². The number of anilines is 2. The molecule has 0 bridgehead atoms. The number of halogens is 3. The highest BCUT2D eigenvalue weighted by Crippen LogP contribution is 2.34. The third-order valence-corrected chi connectivity index (χ3v) is 5.02. The molecule has 0 saturated carbocycles. The highest BCUT2D eigenvalue weighted by Gasteiger charge is 2.32. The molecule has 1 heterocycles. The van der Waals surface area contributed by atoms with E-state index in [0.717, 1.165) is 12.1 Å². The predicted octanol–water partition coefficient (Wildman–Crippen LogP) is 4.44. The second kappa shape index (κ2) is 8.43. The van der Waals surface area contributed by atoms with E-state index in [4.69, 9.17) is 4.74 Å². The Morgan fingerprint density at radius 2 is 1.90 bits per heavy atom. The molecule has 0 aromatic heterocycles. The Hall–Kier alpha value is -3.21. The van der Waals surface area contributed by atoms with Crippen LogP contribution < -0.4 is 15.0 Å². The summed E-state index contributed by atoms with van der Waals surface area (Å²) in [5.74, 6) is 0.222. The SMILES string of the molecule is COc1ccccc1NC(=O)C1CCN(c2ccc(C(F)(F)F)cc2C#N)CC1. The van der Waals surface area contributed by atoms with E-state index in [0.29, 0.717) is 43.1 Å². The maximum absolute atomic E-state index is 12.9. The molecule has 2 aromatic carbocycles. The Labute approximate surface area is 166 Å². The highest BCUT2D eigenvalue weighted by molar-refractivity contribution is 5.94. The lowest BCUT2D eigenvalue weighted by atomic mass is 9.94. The lowest BCUT2D eigenvalue weighted by Gasteiger charge is -2.33. The first kappa shape index (κ1) is 20.5. The number of carbonyl (C=O) groups is 1. The Morgan fingerprint density at radius 1 is 1.21 bits per heavy atom. The standard InChI is InChI=1S/C21H20F3N3O2/c1-29-19-5-3-2-4-17(19)26-20(28)14-8-10-27(11-9-14)18-7-6-16(21(22,23)24)12-15(18)13-25/h2-7,12,14H,8-11H2,1H3,(H,26,28). The maximum Gasteiger partial charge on any atom is 0.416 e. The van der Waals surface area contributed by atoms with E-state index >= 15 is 0 Å². The fraction of sp³-hybridized carbons (Fsp3) is 0.333. The molecular formula is C21H20F3N3O2. The number of nitriles is 1. The van der Waals surface area contributed by atoms with Crippen LogP contribution in [0.2, 0.25) is 0 Å². The zero-order valence-corrected chi connectivity index (χ0v) is 15.8. The van der Waals surface area contributed by atoms with Gasteiger partial charge in [-0.05, 0) is 43.2 Å². The highest BCUT2D eigenvalue weighted by atomic mass is 19.4. The fourth-order valence-electron chi connectivity index (χ4n) is 3.44. The van der Waals surface area contributed by atoms with Crippen molar-refractivity contribution in [3.63, 3.8) is 0 Å².